The van der Waals surface area contributed by atoms with Crippen LogP contribution in [0.3, 0.4) is 0 Å². The molecule has 0 bridgehead atoms. The molecule has 0 radical (unpaired) electrons. The molecule has 1 saturated heterocycles. The van der Waals surface area contributed by atoms with Gasteiger partial charge < -0.3 is 15.1 Å². The Balaban J connectivity index is 2.25. The van der Waals surface area contributed by atoms with E-state index in [4.69, 9.17) is 5.11 Å². The summed E-state index contributed by atoms with van der Waals surface area (Å²) in [5.41, 5.74) is -0.179. The van der Waals surface area contributed by atoms with Crippen LogP contribution in [0.5, 0.6) is 0 Å². The zero-order valence-electron chi connectivity index (χ0n) is 9.74. The van der Waals surface area contributed by atoms with Crippen molar-refractivity contribution in [1.82, 2.24) is 9.88 Å². The van der Waals surface area contributed by atoms with E-state index in [0.717, 1.165) is 0 Å². The van der Waals surface area contributed by atoms with Crippen molar-refractivity contribution in [2.75, 3.05) is 13.1 Å². The van der Waals surface area contributed by atoms with Crippen molar-refractivity contribution in [2.24, 2.45) is 0 Å². The van der Waals surface area contributed by atoms with Crippen LogP contribution in [0, 0.1) is 0 Å². The highest BCUT2D eigenvalue weighted by Crippen LogP contribution is 2.15. The molecule has 0 aliphatic carbocycles. The van der Waals surface area contributed by atoms with Crippen LogP contribution in [0.15, 0.2) is 18.3 Å². The molecule has 1 amide bonds. The number of piperidine rings is 1. The first-order valence-corrected chi connectivity index (χ1v) is 5.75. The van der Waals surface area contributed by atoms with Gasteiger partial charge in [0.25, 0.3) is 5.91 Å². The van der Waals surface area contributed by atoms with Gasteiger partial charge >= 0.3 is 5.97 Å². The average Bonchev–Trinajstić information content (AvgIpc) is 2.38. The molecule has 6 heteroatoms. The molecule has 2 N–H and O–H groups in total. The maximum Gasteiger partial charge on any atom is 0.338 e. The topological polar surface area (TPSA) is 90.7 Å². The van der Waals surface area contributed by atoms with Gasteiger partial charge in [-0.1, -0.05) is 0 Å². The van der Waals surface area contributed by atoms with Crippen LogP contribution in [0.25, 0.3) is 0 Å². The van der Waals surface area contributed by atoms with Gasteiger partial charge in [0.2, 0.25) is 0 Å². The number of aromatic nitrogens is 1. The number of pyridine rings is 1. The minimum Gasteiger partial charge on any atom is -0.478 e. The SMILES string of the molecule is O=C(O)c1cccnc1C(=O)N1CCC[C@H](O)C1. The first-order valence-electron chi connectivity index (χ1n) is 5.75. The predicted molar refractivity (Wildman–Crippen MR) is 62.3 cm³/mol. The Bertz CT molecular complexity index is 475. The van der Waals surface area contributed by atoms with Gasteiger partial charge in [0.05, 0.1) is 11.7 Å². The summed E-state index contributed by atoms with van der Waals surface area (Å²) in [6.45, 7) is 0.750. The van der Waals surface area contributed by atoms with Crippen LogP contribution in [-0.2, 0) is 0 Å². The van der Waals surface area contributed by atoms with E-state index in [-0.39, 0.29) is 17.8 Å². The van der Waals surface area contributed by atoms with Crippen molar-refractivity contribution >= 4 is 11.9 Å². The average molecular weight is 250 g/mol. The summed E-state index contributed by atoms with van der Waals surface area (Å²) in [7, 11) is 0. The predicted octanol–water partition coefficient (Wildman–Crippen LogP) is 0.377. The number of hydrogen-bond acceptors (Lipinski definition) is 4. The lowest BCUT2D eigenvalue weighted by atomic mass is 10.1. The van der Waals surface area contributed by atoms with Crippen LogP contribution >= 0.6 is 0 Å². The Morgan fingerprint density at radius 2 is 2.22 bits per heavy atom. The third-order valence-corrected chi connectivity index (χ3v) is 2.92. The first kappa shape index (κ1) is 12.5. The van der Waals surface area contributed by atoms with Crippen LogP contribution in [-0.4, -0.2) is 51.2 Å². The molecular weight excluding hydrogens is 236 g/mol. The molecule has 0 unspecified atom stereocenters. The van der Waals surface area contributed by atoms with E-state index in [2.05, 4.69) is 4.98 Å². The van der Waals surface area contributed by atoms with Crippen LogP contribution in [0.1, 0.15) is 33.7 Å². The van der Waals surface area contributed by atoms with Crippen molar-refractivity contribution < 1.29 is 19.8 Å². The van der Waals surface area contributed by atoms with Gasteiger partial charge in [0.15, 0.2) is 0 Å². The van der Waals surface area contributed by atoms with Crippen molar-refractivity contribution in [3.63, 3.8) is 0 Å². The third kappa shape index (κ3) is 2.48. The molecule has 2 heterocycles. The highest BCUT2D eigenvalue weighted by atomic mass is 16.4. The summed E-state index contributed by atoms with van der Waals surface area (Å²) in [6.07, 6.45) is 2.22. The number of β-amino-alcohol motifs (C(OH)–C–C–N with tert-alkyl or cyclic N) is 1. The summed E-state index contributed by atoms with van der Waals surface area (Å²) in [6, 6.07) is 2.83. The Kier molecular flexibility index (Phi) is 3.57. The number of carbonyl (C=O) groups excluding carboxylic acids is 1. The number of carboxylic acid groups (broad SMARTS) is 1. The number of nitrogens with zero attached hydrogens (tertiary/aromatic N) is 2. The molecule has 1 fully saturated rings. The summed E-state index contributed by atoms with van der Waals surface area (Å²) in [5, 5.41) is 18.5. The van der Waals surface area contributed by atoms with Gasteiger partial charge in [-0.2, -0.15) is 0 Å². The lowest BCUT2D eigenvalue weighted by molar-refractivity contribution is 0.0463. The lowest BCUT2D eigenvalue weighted by Gasteiger charge is -2.30. The number of aliphatic hydroxyl groups excluding tert-OH is 1. The molecule has 2 rings (SSSR count). The first-order chi connectivity index (χ1) is 8.59. The van der Waals surface area contributed by atoms with Crippen LogP contribution < -0.4 is 0 Å². The molecule has 1 aromatic rings. The fourth-order valence-electron chi connectivity index (χ4n) is 2.04. The molecule has 1 aliphatic heterocycles. The number of carboxylic acids is 1. The third-order valence-electron chi connectivity index (χ3n) is 2.92. The van der Waals surface area contributed by atoms with Gasteiger partial charge in [-0.15, -0.1) is 0 Å². The Morgan fingerprint density at radius 1 is 1.44 bits per heavy atom. The van der Waals surface area contributed by atoms with E-state index in [0.29, 0.717) is 19.4 Å². The minimum atomic E-state index is -1.18. The van der Waals surface area contributed by atoms with Crippen molar-refractivity contribution in [1.29, 1.82) is 0 Å². The number of likely N-dealkylation sites (tertiary alicyclic amines) is 1. The second kappa shape index (κ2) is 5.14. The molecule has 0 saturated carbocycles. The van der Waals surface area contributed by atoms with E-state index in [1.807, 2.05) is 0 Å². The van der Waals surface area contributed by atoms with E-state index in [9.17, 15) is 14.7 Å². The Labute approximate surface area is 104 Å². The summed E-state index contributed by atoms with van der Waals surface area (Å²) in [4.78, 5) is 28.5. The van der Waals surface area contributed by atoms with Gasteiger partial charge in [0.1, 0.15) is 5.69 Å². The highest BCUT2D eigenvalue weighted by Gasteiger charge is 2.26. The van der Waals surface area contributed by atoms with Gasteiger partial charge in [0, 0.05) is 19.3 Å². The maximum absolute atomic E-state index is 12.2. The lowest BCUT2D eigenvalue weighted by Crippen LogP contribution is -2.42. The van der Waals surface area contributed by atoms with Gasteiger partial charge in [-0.3, -0.25) is 9.78 Å². The number of rotatable bonds is 2. The second-order valence-electron chi connectivity index (χ2n) is 4.25. The fraction of sp³-hybridized carbons (Fsp3) is 0.417. The van der Waals surface area contributed by atoms with Crippen LogP contribution in [0.4, 0.5) is 0 Å². The fourth-order valence-corrected chi connectivity index (χ4v) is 2.04. The monoisotopic (exact) mass is 250 g/mol. The van der Waals surface area contributed by atoms with Crippen molar-refractivity contribution in [2.45, 2.75) is 18.9 Å². The number of carbonyl (C=O) groups is 2. The summed E-state index contributed by atoms with van der Waals surface area (Å²) < 4.78 is 0. The Morgan fingerprint density at radius 3 is 2.89 bits per heavy atom. The second-order valence-corrected chi connectivity index (χ2v) is 4.25. The molecule has 96 valence electrons. The number of amides is 1. The van der Waals surface area contributed by atoms with E-state index < -0.39 is 18.0 Å². The molecule has 0 spiro atoms. The number of aromatic carboxylic acids is 1. The molecule has 1 atom stereocenters. The van der Waals surface area contributed by atoms with Crippen LogP contribution in [0.2, 0.25) is 0 Å². The maximum atomic E-state index is 12.2. The van der Waals surface area contributed by atoms with Crippen molar-refractivity contribution in [3.8, 4) is 0 Å². The zero-order chi connectivity index (χ0) is 13.1. The minimum absolute atomic E-state index is 0.0703. The molecule has 18 heavy (non-hydrogen) atoms. The largest absolute Gasteiger partial charge is 0.478 e. The van der Waals surface area contributed by atoms with E-state index >= 15 is 0 Å². The summed E-state index contributed by atoms with van der Waals surface area (Å²) >= 11 is 0. The molecule has 1 aromatic heterocycles. The molecule has 6 nitrogen and oxygen atoms in total. The van der Waals surface area contributed by atoms with Gasteiger partial charge in [-0.25, -0.2) is 4.79 Å². The standard InChI is InChI=1S/C12H14N2O4/c15-8-3-2-6-14(7-8)11(16)10-9(12(17)18)4-1-5-13-10/h1,4-5,8,15H,2-3,6-7H2,(H,17,18)/t8-/m0/s1. The highest BCUT2D eigenvalue weighted by molar-refractivity contribution is 6.03. The quantitative estimate of drug-likeness (QED) is 0.791. The van der Waals surface area contributed by atoms with Crippen molar-refractivity contribution in [3.05, 3.63) is 29.6 Å². The smallest absolute Gasteiger partial charge is 0.338 e. The molecular formula is C12H14N2O4. The van der Waals surface area contributed by atoms with E-state index in [1.165, 1.54) is 23.2 Å². The molecule has 0 aromatic carbocycles. The number of hydrogen-bond donors (Lipinski definition) is 2. The summed E-state index contributed by atoms with van der Waals surface area (Å²) in [5.74, 6) is -1.62. The van der Waals surface area contributed by atoms with Gasteiger partial charge in [-0.05, 0) is 25.0 Å². The van der Waals surface area contributed by atoms with E-state index in [1.54, 1.807) is 0 Å². The normalized spacial score (nSPS) is 19.6. The number of aliphatic hydroxyl groups is 1. The Hall–Kier alpha value is -1.95. The zero-order valence-corrected chi connectivity index (χ0v) is 9.74. The molecule has 1 aliphatic rings.